The Bertz CT molecular complexity index is 2800. The highest BCUT2D eigenvalue weighted by Crippen LogP contribution is 2.36. The van der Waals surface area contributed by atoms with Crippen molar-refractivity contribution in [3.8, 4) is 11.4 Å². The number of pyridine rings is 2. The maximum atomic E-state index is 6.36. The zero-order chi connectivity index (χ0) is 29.2. The number of aromatic nitrogens is 8. The van der Waals surface area contributed by atoms with Crippen LogP contribution in [0.2, 0.25) is 0 Å². The van der Waals surface area contributed by atoms with Gasteiger partial charge in [0, 0.05) is 23.2 Å². The van der Waals surface area contributed by atoms with Crippen molar-refractivity contribution in [2.75, 3.05) is 0 Å². The maximum absolute atomic E-state index is 6.36. The molecule has 0 bridgehead atoms. The quantitative estimate of drug-likeness (QED) is 0.208. The molecule has 7 aromatic heterocycles. The minimum atomic E-state index is 0.817. The molecule has 0 fully saturated rings. The Kier molecular flexibility index (Phi) is 4.15. The molecule has 11 rings (SSSR count). The van der Waals surface area contributed by atoms with Crippen molar-refractivity contribution in [3.05, 3.63) is 122 Å². The maximum Gasteiger partial charge on any atom is 0.221 e. The Balaban J connectivity index is 1.19. The van der Waals surface area contributed by atoms with Gasteiger partial charge in [-0.05, 0) is 84.9 Å². The number of fused-ring (bicyclic) bond motifs is 13. The van der Waals surface area contributed by atoms with Crippen LogP contribution < -0.4 is 0 Å². The van der Waals surface area contributed by atoms with Gasteiger partial charge in [0.05, 0.1) is 39.0 Å². The first kappa shape index (κ1) is 23.0. The first-order chi connectivity index (χ1) is 22.3. The molecule has 0 aliphatic heterocycles. The lowest BCUT2D eigenvalue weighted by Crippen LogP contribution is -1.95. The zero-order valence-corrected chi connectivity index (χ0v) is 23.5. The van der Waals surface area contributed by atoms with E-state index >= 15 is 0 Å². The molecular weight excluding hydrogens is 560 g/mol. The van der Waals surface area contributed by atoms with Crippen molar-refractivity contribution in [3.63, 3.8) is 0 Å². The second-order valence-electron chi connectivity index (χ2n) is 11.3. The zero-order valence-electron chi connectivity index (χ0n) is 23.5. The third-order valence-corrected chi connectivity index (χ3v) is 8.88. The van der Waals surface area contributed by atoms with Gasteiger partial charge >= 0.3 is 0 Å². The highest BCUT2D eigenvalue weighted by atomic mass is 16.3. The molecule has 0 radical (unpaired) electrons. The third kappa shape index (κ3) is 2.91. The number of benzene rings is 4. The number of hydrogen-bond acceptors (Lipinski definition) is 5. The number of para-hydroxylation sites is 4. The van der Waals surface area contributed by atoms with Gasteiger partial charge in [-0.25, -0.2) is 19.9 Å². The lowest BCUT2D eigenvalue weighted by atomic mass is 10.1. The molecule has 0 spiro atoms. The molecule has 0 unspecified atom stereocenters. The van der Waals surface area contributed by atoms with Crippen molar-refractivity contribution in [2.24, 2.45) is 0 Å². The summed E-state index contributed by atoms with van der Waals surface area (Å²) in [5.74, 6) is 1.64. The third-order valence-electron chi connectivity index (χ3n) is 8.88. The monoisotopic (exact) mass is 580 g/mol. The van der Waals surface area contributed by atoms with E-state index in [0.717, 1.165) is 89.3 Å². The Morgan fingerprint density at radius 2 is 1.02 bits per heavy atom. The fraction of sp³-hybridized carbons (Fsp3) is 0. The van der Waals surface area contributed by atoms with Crippen LogP contribution >= 0.6 is 0 Å². The minimum absolute atomic E-state index is 0.817. The molecule has 0 N–H and O–H groups in total. The molecule has 0 atom stereocenters. The van der Waals surface area contributed by atoms with Gasteiger partial charge in [-0.2, -0.15) is 0 Å². The fourth-order valence-electron chi connectivity index (χ4n) is 6.98. The molecule has 0 amide bonds. The van der Waals surface area contributed by atoms with Crippen LogP contribution in [0.15, 0.2) is 126 Å². The van der Waals surface area contributed by atoms with E-state index < -0.39 is 0 Å². The largest absolute Gasteiger partial charge is 0.456 e. The van der Waals surface area contributed by atoms with E-state index in [9.17, 15) is 0 Å². The molecule has 9 heteroatoms. The Morgan fingerprint density at radius 1 is 0.467 bits per heavy atom. The van der Waals surface area contributed by atoms with E-state index in [4.69, 9.17) is 19.4 Å². The summed E-state index contributed by atoms with van der Waals surface area (Å²) in [6.45, 7) is 0. The summed E-state index contributed by atoms with van der Waals surface area (Å²) in [6, 6.07) is 37.2. The fourth-order valence-corrected chi connectivity index (χ4v) is 6.98. The van der Waals surface area contributed by atoms with Crippen LogP contribution in [0, 0.1) is 0 Å². The summed E-state index contributed by atoms with van der Waals surface area (Å²) in [6.07, 6.45) is 3.64. The number of furan rings is 1. The number of nitrogens with zero attached hydrogens (tertiary/aromatic N) is 8. The van der Waals surface area contributed by atoms with E-state index in [1.54, 1.807) is 0 Å². The molecule has 9 nitrogen and oxygen atoms in total. The molecule has 0 saturated heterocycles. The summed E-state index contributed by atoms with van der Waals surface area (Å²) >= 11 is 0. The van der Waals surface area contributed by atoms with E-state index in [-0.39, 0.29) is 0 Å². The number of rotatable bonds is 2. The van der Waals surface area contributed by atoms with Crippen molar-refractivity contribution >= 4 is 77.9 Å². The summed E-state index contributed by atoms with van der Waals surface area (Å²) in [5.41, 5.74) is 11.2. The molecule has 0 aliphatic carbocycles. The van der Waals surface area contributed by atoms with Crippen LogP contribution in [-0.2, 0) is 0 Å². The molecule has 210 valence electrons. The van der Waals surface area contributed by atoms with E-state index in [2.05, 4.69) is 83.6 Å². The standard InChI is InChI=1S/C36H20N8O/c1-2-9-27-25(7-1)39-35-42(30-12-6-18-38-34(30)43(27)35)22-14-16-32-24(20-22)23-19-21(13-15-31(23)45-32)41-28-10-3-4-11-29(28)44-33-26(40-36(41)44)8-5-17-37-33/h1-20H. The normalized spacial score (nSPS) is 12.4. The molecule has 0 aliphatic rings. The second kappa shape index (κ2) is 8.12. The molecule has 7 heterocycles. The lowest BCUT2D eigenvalue weighted by molar-refractivity contribution is 0.669. The molecule has 4 aromatic carbocycles. The van der Waals surface area contributed by atoms with Gasteiger partial charge in [0.25, 0.3) is 0 Å². The van der Waals surface area contributed by atoms with E-state index in [1.807, 2.05) is 60.9 Å². The summed E-state index contributed by atoms with van der Waals surface area (Å²) < 4.78 is 15.0. The van der Waals surface area contributed by atoms with Gasteiger partial charge in [-0.3, -0.25) is 17.9 Å². The van der Waals surface area contributed by atoms with E-state index in [0.29, 0.717) is 0 Å². The molecule has 45 heavy (non-hydrogen) atoms. The Hall–Kier alpha value is -6.48. The van der Waals surface area contributed by atoms with Crippen LogP contribution in [0.3, 0.4) is 0 Å². The lowest BCUT2D eigenvalue weighted by Gasteiger charge is -2.06. The summed E-state index contributed by atoms with van der Waals surface area (Å²) in [7, 11) is 0. The summed E-state index contributed by atoms with van der Waals surface area (Å²) in [5, 5.41) is 2.04. The average molecular weight is 581 g/mol. The van der Waals surface area contributed by atoms with Crippen molar-refractivity contribution in [1.29, 1.82) is 0 Å². The van der Waals surface area contributed by atoms with Gasteiger partial charge in [-0.15, -0.1) is 0 Å². The SMILES string of the molecule is c1ccc2c(c1)nc1n(-c3ccc4oc5ccc(-n6c7ccccc7n7c8ncccc8nc67)cc5c4c3)c3cccnc3n21. The summed E-state index contributed by atoms with van der Waals surface area (Å²) in [4.78, 5) is 19.4. The van der Waals surface area contributed by atoms with Gasteiger partial charge in [0.15, 0.2) is 11.3 Å². The van der Waals surface area contributed by atoms with Crippen LogP contribution in [-0.4, -0.2) is 37.9 Å². The number of imidazole rings is 4. The molecule has 11 aromatic rings. The van der Waals surface area contributed by atoms with Crippen LogP contribution in [0.4, 0.5) is 0 Å². The van der Waals surface area contributed by atoms with Crippen molar-refractivity contribution in [2.45, 2.75) is 0 Å². The molecular formula is C36H20N8O. The minimum Gasteiger partial charge on any atom is -0.456 e. The second-order valence-corrected chi connectivity index (χ2v) is 11.3. The van der Waals surface area contributed by atoms with Gasteiger partial charge in [-0.1, -0.05) is 24.3 Å². The highest BCUT2D eigenvalue weighted by Gasteiger charge is 2.21. The average Bonchev–Trinajstić information content (AvgIpc) is 3.87. The highest BCUT2D eigenvalue weighted by molar-refractivity contribution is 6.07. The van der Waals surface area contributed by atoms with Crippen molar-refractivity contribution < 1.29 is 4.42 Å². The van der Waals surface area contributed by atoms with Crippen LogP contribution in [0.25, 0.3) is 89.3 Å². The van der Waals surface area contributed by atoms with Crippen molar-refractivity contribution in [1.82, 2.24) is 37.9 Å². The van der Waals surface area contributed by atoms with Gasteiger partial charge in [0.1, 0.15) is 16.7 Å². The predicted molar refractivity (Wildman–Crippen MR) is 175 cm³/mol. The Labute approximate surface area is 252 Å². The first-order valence-electron chi connectivity index (χ1n) is 14.7. The number of hydrogen-bond donors (Lipinski definition) is 0. The van der Waals surface area contributed by atoms with Crippen LogP contribution in [0.5, 0.6) is 0 Å². The van der Waals surface area contributed by atoms with Crippen LogP contribution in [0.1, 0.15) is 0 Å². The predicted octanol–water partition coefficient (Wildman–Crippen LogP) is 7.87. The van der Waals surface area contributed by atoms with E-state index in [1.165, 1.54) is 0 Å². The Morgan fingerprint density at radius 3 is 1.80 bits per heavy atom. The first-order valence-corrected chi connectivity index (χ1v) is 14.7. The smallest absolute Gasteiger partial charge is 0.221 e. The topological polar surface area (TPSA) is 83.4 Å². The van der Waals surface area contributed by atoms with Gasteiger partial charge in [0.2, 0.25) is 11.6 Å². The van der Waals surface area contributed by atoms with Gasteiger partial charge < -0.3 is 4.42 Å². The molecule has 0 saturated carbocycles.